The minimum absolute atomic E-state index is 0.793. The summed E-state index contributed by atoms with van der Waals surface area (Å²) in [7, 11) is 1.92. The van der Waals surface area contributed by atoms with E-state index in [0.717, 1.165) is 29.4 Å². The number of nitrogens with zero attached hydrogens (tertiary/aromatic N) is 1. The van der Waals surface area contributed by atoms with Crippen molar-refractivity contribution in [2.75, 3.05) is 7.05 Å². The van der Waals surface area contributed by atoms with Gasteiger partial charge >= 0.3 is 0 Å². The first-order chi connectivity index (χ1) is 6.88. The van der Waals surface area contributed by atoms with E-state index < -0.39 is 0 Å². The molecule has 0 fully saturated rings. The van der Waals surface area contributed by atoms with Crippen LogP contribution < -0.4 is 5.32 Å². The zero-order valence-electron chi connectivity index (χ0n) is 7.99. The largest absolute Gasteiger partial charge is 0.469 e. The van der Waals surface area contributed by atoms with E-state index in [-0.39, 0.29) is 0 Å². The van der Waals surface area contributed by atoms with Crippen LogP contribution in [0.4, 0.5) is 0 Å². The van der Waals surface area contributed by atoms with Gasteiger partial charge < -0.3 is 9.73 Å². The van der Waals surface area contributed by atoms with Crippen LogP contribution in [0, 0.1) is 0 Å². The monoisotopic (exact) mass is 208 g/mol. The summed E-state index contributed by atoms with van der Waals surface area (Å²) in [4.78, 5) is 4.47. The number of rotatable bonds is 4. The van der Waals surface area contributed by atoms with E-state index >= 15 is 0 Å². The molecule has 0 radical (unpaired) electrons. The van der Waals surface area contributed by atoms with Gasteiger partial charge in [-0.2, -0.15) is 0 Å². The maximum Gasteiger partial charge on any atom is 0.110 e. The number of nitrogens with one attached hydrogen (secondary N) is 1. The Morgan fingerprint density at radius 3 is 3.21 bits per heavy atom. The average molecular weight is 208 g/mol. The number of furan rings is 1. The summed E-state index contributed by atoms with van der Waals surface area (Å²) in [6, 6.07) is 3.87. The molecule has 1 N–H and O–H groups in total. The fraction of sp³-hybridized carbons (Fsp3) is 0.300. The molecule has 3 nitrogen and oxygen atoms in total. The third kappa shape index (κ3) is 2.21. The van der Waals surface area contributed by atoms with Crippen molar-refractivity contribution in [3.63, 3.8) is 0 Å². The molecule has 0 atom stereocenters. The van der Waals surface area contributed by atoms with Crippen molar-refractivity contribution in [2.24, 2.45) is 0 Å². The molecule has 0 aliphatic rings. The van der Waals surface area contributed by atoms with E-state index in [9.17, 15) is 0 Å². The Labute approximate surface area is 86.8 Å². The first-order valence-corrected chi connectivity index (χ1v) is 5.36. The summed E-state index contributed by atoms with van der Waals surface area (Å²) >= 11 is 1.68. The van der Waals surface area contributed by atoms with Crippen molar-refractivity contribution < 1.29 is 4.42 Å². The molecule has 0 aliphatic heterocycles. The number of aromatic nitrogens is 1. The lowest BCUT2D eigenvalue weighted by atomic mass is 10.3. The fourth-order valence-electron chi connectivity index (χ4n) is 1.25. The lowest BCUT2D eigenvalue weighted by Crippen LogP contribution is -2.05. The molecular weight excluding hydrogens is 196 g/mol. The van der Waals surface area contributed by atoms with Crippen LogP contribution >= 0.6 is 11.3 Å². The van der Waals surface area contributed by atoms with Crippen LogP contribution in [0.25, 0.3) is 0 Å². The van der Waals surface area contributed by atoms with Gasteiger partial charge in [0.1, 0.15) is 10.8 Å². The minimum atomic E-state index is 0.793. The highest BCUT2D eigenvalue weighted by atomic mass is 32.1. The molecule has 4 heteroatoms. The highest BCUT2D eigenvalue weighted by Crippen LogP contribution is 2.14. The lowest BCUT2D eigenvalue weighted by Gasteiger charge is -1.92. The third-order valence-corrected chi connectivity index (χ3v) is 2.76. The standard InChI is InChI=1S/C10H12N2OS/c1-11-6-8-7-14-10(12-8)5-9-3-2-4-13-9/h2-4,7,11H,5-6H2,1H3. The SMILES string of the molecule is CNCc1csc(Cc2ccco2)n1. The molecule has 0 aliphatic carbocycles. The predicted molar refractivity (Wildman–Crippen MR) is 56.4 cm³/mol. The Morgan fingerprint density at radius 1 is 1.57 bits per heavy atom. The molecule has 74 valence electrons. The highest BCUT2D eigenvalue weighted by molar-refractivity contribution is 7.09. The van der Waals surface area contributed by atoms with Crippen molar-refractivity contribution in [3.05, 3.63) is 40.2 Å². The Kier molecular flexibility index (Phi) is 2.96. The third-order valence-electron chi connectivity index (χ3n) is 1.86. The molecule has 2 rings (SSSR count). The van der Waals surface area contributed by atoms with Gasteiger partial charge in [0.15, 0.2) is 0 Å². The van der Waals surface area contributed by atoms with Crippen LogP contribution in [0.5, 0.6) is 0 Å². The maximum absolute atomic E-state index is 5.26. The van der Waals surface area contributed by atoms with Crippen LogP contribution in [0.1, 0.15) is 16.5 Å². The highest BCUT2D eigenvalue weighted by Gasteiger charge is 2.03. The van der Waals surface area contributed by atoms with Crippen LogP contribution in [-0.4, -0.2) is 12.0 Å². The summed E-state index contributed by atoms with van der Waals surface area (Å²) in [5.74, 6) is 0.968. The van der Waals surface area contributed by atoms with E-state index in [0.29, 0.717) is 0 Å². The van der Waals surface area contributed by atoms with Gasteiger partial charge in [0.05, 0.1) is 18.4 Å². The topological polar surface area (TPSA) is 38.1 Å². The van der Waals surface area contributed by atoms with Gasteiger partial charge in [0.2, 0.25) is 0 Å². The normalized spacial score (nSPS) is 10.6. The van der Waals surface area contributed by atoms with Crippen molar-refractivity contribution in [3.8, 4) is 0 Å². The van der Waals surface area contributed by atoms with Crippen molar-refractivity contribution in [1.29, 1.82) is 0 Å². The van der Waals surface area contributed by atoms with E-state index in [1.54, 1.807) is 17.6 Å². The molecule has 0 unspecified atom stereocenters. The van der Waals surface area contributed by atoms with Crippen LogP contribution in [0.15, 0.2) is 28.2 Å². The summed E-state index contributed by atoms with van der Waals surface area (Å²) in [6.45, 7) is 0.828. The molecule has 2 aromatic heterocycles. The Morgan fingerprint density at radius 2 is 2.50 bits per heavy atom. The first kappa shape index (κ1) is 9.43. The molecule has 0 saturated carbocycles. The van der Waals surface area contributed by atoms with Crippen molar-refractivity contribution in [2.45, 2.75) is 13.0 Å². The minimum Gasteiger partial charge on any atom is -0.469 e. The van der Waals surface area contributed by atoms with E-state index in [1.807, 2.05) is 19.2 Å². The summed E-state index contributed by atoms with van der Waals surface area (Å²) in [5.41, 5.74) is 1.10. The molecule has 2 aromatic rings. The predicted octanol–water partition coefficient (Wildman–Crippen LogP) is 2.05. The Hall–Kier alpha value is -1.13. The van der Waals surface area contributed by atoms with Crippen LogP contribution in [0.3, 0.4) is 0 Å². The van der Waals surface area contributed by atoms with E-state index in [2.05, 4.69) is 15.7 Å². The molecule has 0 spiro atoms. The number of hydrogen-bond acceptors (Lipinski definition) is 4. The smallest absolute Gasteiger partial charge is 0.110 e. The van der Waals surface area contributed by atoms with Gasteiger partial charge in [0.25, 0.3) is 0 Å². The van der Waals surface area contributed by atoms with Crippen molar-refractivity contribution in [1.82, 2.24) is 10.3 Å². The van der Waals surface area contributed by atoms with Crippen LogP contribution in [-0.2, 0) is 13.0 Å². The van der Waals surface area contributed by atoms with Crippen LogP contribution in [0.2, 0.25) is 0 Å². The molecule has 2 heterocycles. The molecule has 14 heavy (non-hydrogen) atoms. The summed E-state index contributed by atoms with van der Waals surface area (Å²) in [6.07, 6.45) is 2.48. The van der Waals surface area contributed by atoms with Gasteiger partial charge in [-0.05, 0) is 19.2 Å². The van der Waals surface area contributed by atoms with Gasteiger partial charge in [-0.3, -0.25) is 0 Å². The zero-order chi connectivity index (χ0) is 9.80. The Bertz CT molecular complexity index is 380. The van der Waals surface area contributed by atoms with E-state index in [4.69, 9.17) is 4.42 Å². The second-order valence-electron chi connectivity index (χ2n) is 3.02. The molecular formula is C10H12N2OS. The van der Waals surface area contributed by atoms with Gasteiger partial charge in [0, 0.05) is 11.9 Å². The molecule has 0 bridgehead atoms. The zero-order valence-corrected chi connectivity index (χ0v) is 8.80. The summed E-state index contributed by atoms with van der Waals surface area (Å²) in [5, 5.41) is 6.26. The lowest BCUT2D eigenvalue weighted by molar-refractivity contribution is 0.520. The average Bonchev–Trinajstić information content (AvgIpc) is 2.79. The first-order valence-electron chi connectivity index (χ1n) is 4.49. The van der Waals surface area contributed by atoms with Crippen molar-refractivity contribution >= 4 is 11.3 Å². The fourth-order valence-corrected chi connectivity index (χ4v) is 2.06. The molecule has 0 saturated heterocycles. The van der Waals surface area contributed by atoms with Gasteiger partial charge in [-0.25, -0.2) is 4.98 Å². The number of hydrogen-bond donors (Lipinski definition) is 1. The molecule has 0 amide bonds. The number of thiazole rings is 1. The van der Waals surface area contributed by atoms with E-state index in [1.165, 1.54) is 0 Å². The quantitative estimate of drug-likeness (QED) is 0.835. The second kappa shape index (κ2) is 4.39. The van der Waals surface area contributed by atoms with Gasteiger partial charge in [-0.1, -0.05) is 0 Å². The Balaban J connectivity index is 2.03. The second-order valence-corrected chi connectivity index (χ2v) is 3.96. The van der Waals surface area contributed by atoms with Gasteiger partial charge in [-0.15, -0.1) is 11.3 Å². The molecule has 0 aromatic carbocycles. The maximum atomic E-state index is 5.26. The summed E-state index contributed by atoms with van der Waals surface area (Å²) < 4.78 is 5.26.